The minimum Gasteiger partial charge on any atom is -0.494 e. The van der Waals surface area contributed by atoms with Gasteiger partial charge in [0.15, 0.2) is 0 Å². The van der Waals surface area contributed by atoms with Crippen LogP contribution in [0.3, 0.4) is 0 Å². The van der Waals surface area contributed by atoms with Crippen molar-refractivity contribution in [2.45, 2.75) is 39.0 Å². The number of unbranched alkanes of at least 4 members (excludes halogenated alkanes) is 4. The molecule has 0 unspecified atom stereocenters. The van der Waals surface area contributed by atoms with Crippen LogP contribution < -0.4 is 4.74 Å². The molecule has 0 radical (unpaired) electrons. The molecule has 0 heterocycles. The molecule has 112 valence electrons. The Morgan fingerprint density at radius 1 is 0.762 bits per heavy atom. The summed E-state index contributed by atoms with van der Waals surface area (Å²) in [5.41, 5.74) is 2.09. The van der Waals surface area contributed by atoms with Crippen molar-refractivity contribution in [1.82, 2.24) is 0 Å². The molecule has 0 bridgehead atoms. The monoisotopic (exact) mass is 286 g/mol. The van der Waals surface area contributed by atoms with E-state index in [9.17, 15) is 4.39 Å². The van der Waals surface area contributed by atoms with Crippen LogP contribution in [0.4, 0.5) is 4.39 Å². The molecule has 0 fully saturated rings. The summed E-state index contributed by atoms with van der Waals surface area (Å²) in [4.78, 5) is 0. The maximum atomic E-state index is 12.9. The second-order valence-electron chi connectivity index (χ2n) is 5.29. The van der Waals surface area contributed by atoms with Gasteiger partial charge in [-0.05, 0) is 41.8 Å². The van der Waals surface area contributed by atoms with Gasteiger partial charge in [0.05, 0.1) is 6.61 Å². The summed E-state index contributed by atoms with van der Waals surface area (Å²) >= 11 is 0. The van der Waals surface area contributed by atoms with Crippen LogP contribution in [-0.4, -0.2) is 6.61 Å². The quantitative estimate of drug-likeness (QED) is 0.554. The third-order valence-electron chi connectivity index (χ3n) is 3.55. The van der Waals surface area contributed by atoms with Gasteiger partial charge in [0, 0.05) is 0 Å². The van der Waals surface area contributed by atoms with Crippen LogP contribution >= 0.6 is 0 Å². The lowest BCUT2D eigenvalue weighted by Crippen LogP contribution is -1.97. The number of rotatable bonds is 8. The van der Waals surface area contributed by atoms with Crippen molar-refractivity contribution >= 4 is 0 Å². The van der Waals surface area contributed by atoms with Crippen LogP contribution in [0.2, 0.25) is 0 Å². The zero-order chi connectivity index (χ0) is 14.9. The van der Waals surface area contributed by atoms with Crippen LogP contribution in [-0.2, 0) is 0 Å². The van der Waals surface area contributed by atoms with E-state index in [1.54, 1.807) is 12.1 Å². The largest absolute Gasteiger partial charge is 0.494 e. The highest BCUT2D eigenvalue weighted by Crippen LogP contribution is 2.22. The first-order valence-corrected chi connectivity index (χ1v) is 7.78. The molecule has 21 heavy (non-hydrogen) atoms. The number of hydrogen-bond donors (Lipinski definition) is 0. The fourth-order valence-corrected chi connectivity index (χ4v) is 2.28. The Labute approximate surface area is 126 Å². The number of benzene rings is 2. The van der Waals surface area contributed by atoms with Crippen molar-refractivity contribution in [3.8, 4) is 16.9 Å². The van der Waals surface area contributed by atoms with Gasteiger partial charge in [-0.2, -0.15) is 0 Å². The molecule has 0 saturated carbocycles. The summed E-state index contributed by atoms with van der Waals surface area (Å²) in [6, 6.07) is 14.5. The molecule has 0 aliphatic heterocycles. The lowest BCUT2D eigenvalue weighted by molar-refractivity contribution is 0.304. The first-order valence-electron chi connectivity index (χ1n) is 7.78. The van der Waals surface area contributed by atoms with E-state index in [2.05, 4.69) is 6.92 Å². The first-order chi connectivity index (χ1) is 10.3. The number of hydrogen-bond acceptors (Lipinski definition) is 1. The Morgan fingerprint density at radius 2 is 1.33 bits per heavy atom. The summed E-state index contributed by atoms with van der Waals surface area (Å²) in [6.07, 6.45) is 6.22. The molecule has 0 aromatic heterocycles. The molecular formula is C19H23FO. The summed E-state index contributed by atoms with van der Waals surface area (Å²) in [5.74, 6) is 0.693. The fourth-order valence-electron chi connectivity index (χ4n) is 2.28. The van der Waals surface area contributed by atoms with Gasteiger partial charge in [-0.25, -0.2) is 4.39 Å². The van der Waals surface area contributed by atoms with Gasteiger partial charge in [-0.1, -0.05) is 56.9 Å². The highest BCUT2D eigenvalue weighted by atomic mass is 19.1. The molecule has 0 atom stereocenters. The Bertz CT molecular complexity index is 516. The molecule has 0 spiro atoms. The summed E-state index contributed by atoms with van der Waals surface area (Å²) < 4.78 is 18.6. The minimum absolute atomic E-state index is 0.207. The Hall–Kier alpha value is -1.83. The lowest BCUT2D eigenvalue weighted by Gasteiger charge is -2.07. The zero-order valence-corrected chi connectivity index (χ0v) is 12.6. The lowest BCUT2D eigenvalue weighted by atomic mass is 10.1. The second-order valence-corrected chi connectivity index (χ2v) is 5.29. The Kier molecular flexibility index (Phi) is 6.26. The van der Waals surface area contributed by atoms with E-state index in [0.717, 1.165) is 29.9 Å². The summed E-state index contributed by atoms with van der Waals surface area (Å²) in [7, 11) is 0. The van der Waals surface area contributed by atoms with Crippen LogP contribution in [0.25, 0.3) is 11.1 Å². The van der Waals surface area contributed by atoms with Crippen molar-refractivity contribution in [2.75, 3.05) is 6.61 Å². The molecular weight excluding hydrogens is 263 g/mol. The van der Waals surface area contributed by atoms with Crippen LogP contribution in [0.5, 0.6) is 5.75 Å². The Balaban J connectivity index is 1.80. The molecule has 2 heteroatoms. The zero-order valence-electron chi connectivity index (χ0n) is 12.6. The molecule has 2 aromatic carbocycles. The van der Waals surface area contributed by atoms with Crippen LogP contribution in [0.15, 0.2) is 48.5 Å². The van der Waals surface area contributed by atoms with Gasteiger partial charge in [-0.3, -0.25) is 0 Å². The Morgan fingerprint density at radius 3 is 1.95 bits per heavy atom. The van der Waals surface area contributed by atoms with Crippen molar-refractivity contribution in [2.24, 2.45) is 0 Å². The molecule has 2 rings (SSSR count). The average molecular weight is 286 g/mol. The van der Waals surface area contributed by atoms with Crippen molar-refractivity contribution < 1.29 is 9.13 Å². The molecule has 2 aromatic rings. The summed E-state index contributed by atoms with van der Waals surface area (Å²) in [5, 5.41) is 0. The van der Waals surface area contributed by atoms with Gasteiger partial charge in [-0.15, -0.1) is 0 Å². The maximum Gasteiger partial charge on any atom is 0.123 e. The highest BCUT2D eigenvalue weighted by molar-refractivity contribution is 5.63. The molecule has 0 N–H and O–H groups in total. The molecule has 0 amide bonds. The van der Waals surface area contributed by atoms with Gasteiger partial charge in [0.2, 0.25) is 0 Å². The van der Waals surface area contributed by atoms with Gasteiger partial charge >= 0.3 is 0 Å². The fraction of sp³-hybridized carbons (Fsp3) is 0.368. The predicted molar refractivity (Wildman–Crippen MR) is 86.1 cm³/mol. The minimum atomic E-state index is -0.207. The molecule has 0 aliphatic carbocycles. The van der Waals surface area contributed by atoms with Crippen molar-refractivity contribution in [1.29, 1.82) is 0 Å². The van der Waals surface area contributed by atoms with E-state index in [4.69, 9.17) is 4.74 Å². The smallest absolute Gasteiger partial charge is 0.123 e. The van der Waals surface area contributed by atoms with Crippen molar-refractivity contribution in [3.05, 3.63) is 54.3 Å². The summed E-state index contributed by atoms with van der Waals surface area (Å²) in [6.45, 7) is 3.00. The predicted octanol–water partition coefficient (Wildman–Crippen LogP) is 5.84. The second kappa shape index (κ2) is 8.46. The first kappa shape index (κ1) is 15.6. The van der Waals surface area contributed by atoms with E-state index in [1.165, 1.54) is 37.8 Å². The molecule has 0 saturated heterocycles. The van der Waals surface area contributed by atoms with E-state index >= 15 is 0 Å². The van der Waals surface area contributed by atoms with Crippen molar-refractivity contribution in [3.63, 3.8) is 0 Å². The molecule has 0 aliphatic rings. The van der Waals surface area contributed by atoms with Gasteiger partial charge in [0.25, 0.3) is 0 Å². The maximum absolute atomic E-state index is 12.9. The standard InChI is InChI=1S/C19H23FO/c1-2-3-4-5-6-15-21-19-13-9-17(10-14-19)16-7-11-18(20)12-8-16/h7-14H,2-6,15H2,1H3. The van der Waals surface area contributed by atoms with Crippen LogP contribution in [0, 0.1) is 5.82 Å². The van der Waals surface area contributed by atoms with E-state index in [0.29, 0.717) is 0 Å². The number of halogens is 1. The van der Waals surface area contributed by atoms with E-state index in [1.807, 2.05) is 24.3 Å². The normalized spacial score (nSPS) is 10.6. The third kappa shape index (κ3) is 5.22. The molecule has 1 nitrogen and oxygen atoms in total. The van der Waals surface area contributed by atoms with Gasteiger partial charge in [0.1, 0.15) is 11.6 Å². The van der Waals surface area contributed by atoms with Gasteiger partial charge < -0.3 is 4.74 Å². The van der Waals surface area contributed by atoms with E-state index in [-0.39, 0.29) is 5.82 Å². The topological polar surface area (TPSA) is 9.23 Å². The van der Waals surface area contributed by atoms with Crippen LogP contribution in [0.1, 0.15) is 39.0 Å². The SMILES string of the molecule is CCCCCCCOc1ccc(-c2ccc(F)cc2)cc1. The third-order valence-corrected chi connectivity index (χ3v) is 3.55. The highest BCUT2D eigenvalue weighted by Gasteiger charge is 1.99. The average Bonchev–Trinajstić information content (AvgIpc) is 2.52. The number of ether oxygens (including phenoxy) is 1. The van der Waals surface area contributed by atoms with E-state index < -0.39 is 0 Å².